The first-order chi connectivity index (χ1) is 30.0. The van der Waals surface area contributed by atoms with E-state index in [1.807, 2.05) is 103 Å². The second kappa shape index (κ2) is 24.3. The lowest BCUT2D eigenvalue weighted by molar-refractivity contribution is -0.150. The fourth-order valence-electron chi connectivity index (χ4n) is 8.21. The molecular weight excluding hydrogens is 797 g/mol. The van der Waals surface area contributed by atoms with Crippen molar-refractivity contribution in [2.75, 3.05) is 72.0 Å². The number of rotatable bonds is 15. The summed E-state index contributed by atoms with van der Waals surface area (Å²) in [6, 6.07) is 17.8. The Morgan fingerprint density at radius 3 is 0.825 bits per heavy atom. The Kier molecular flexibility index (Phi) is 19.3. The Balaban J connectivity index is 1.86. The zero-order chi connectivity index (χ0) is 46.2. The van der Waals surface area contributed by atoms with Gasteiger partial charge in [-0.25, -0.2) is 0 Å². The largest absolute Gasteiger partial charge is 0.332 e. The van der Waals surface area contributed by atoms with Gasteiger partial charge in [0.05, 0.1) is 19.6 Å². The van der Waals surface area contributed by atoms with E-state index < -0.39 is 35.4 Å². The Bertz CT molecular complexity index is 1800. The van der Waals surface area contributed by atoms with E-state index in [0.717, 1.165) is 56.5 Å². The normalized spacial score (nSPS) is 15.8. The third kappa shape index (κ3) is 15.9. The monoisotopic (exact) mass is 867 g/mol. The van der Waals surface area contributed by atoms with Gasteiger partial charge in [-0.05, 0) is 90.6 Å². The van der Waals surface area contributed by atoms with Gasteiger partial charge in [0.2, 0.25) is 35.4 Å². The molecule has 1 fully saturated rings. The first-order valence-corrected chi connectivity index (χ1v) is 22.3. The highest BCUT2D eigenvalue weighted by molar-refractivity contribution is 5.93. The van der Waals surface area contributed by atoms with Crippen molar-refractivity contribution in [1.29, 1.82) is 0 Å². The van der Waals surface area contributed by atoms with E-state index in [0.29, 0.717) is 19.3 Å². The van der Waals surface area contributed by atoms with Crippen LogP contribution in [-0.4, -0.2) is 137 Å². The average molecular weight is 867 g/mol. The van der Waals surface area contributed by atoms with Gasteiger partial charge in [0, 0.05) is 39.3 Å². The van der Waals surface area contributed by atoms with Crippen molar-refractivity contribution < 1.29 is 28.8 Å². The van der Waals surface area contributed by atoms with Crippen LogP contribution in [0.25, 0.3) is 0 Å². The molecule has 0 bridgehead atoms. The molecule has 1 saturated heterocycles. The van der Waals surface area contributed by atoms with E-state index in [2.05, 4.69) is 0 Å². The van der Waals surface area contributed by atoms with Crippen molar-refractivity contribution in [3.8, 4) is 0 Å². The average Bonchev–Trinajstić information content (AvgIpc) is 3.19. The minimum atomic E-state index is -0.473. The third-order valence-corrected chi connectivity index (χ3v) is 11.1. The minimum absolute atomic E-state index is 0.0724. The molecule has 0 atom stereocenters. The van der Waals surface area contributed by atoms with Crippen LogP contribution in [0.3, 0.4) is 0 Å². The van der Waals surface area contributed by atoms with Gasteiger partial charge in [0.15, 0.2) is 0 Å². The molecule has 0 unspecified atom stereocenters. The Labute approximate surface area is 374 Å². The lowest BCUT2D eigenvalue weighted by Gasteiger charge is -2.34. The summed E-state index contributed by atoms with van der Waals surface area (Å²) in [5.74, 6) is -2.74. The molecule has 3 aromatic carbocycles. The molecule has 1 heterocycles. The Hall–Kier alpha value is -5.60. The van der Waals surface area contributed by atoms with Gasteiger partial charge in [-0.15, -0.1) is 0 Å². The van der Waals surface area contributed by atoms with Crippen molar-refractivity contribution in [2.45, 2.75) is 93.8 Å². The zero-order valence-electron chi connectivity index (χ0n) is 38.7. The molecule has 0 spiro atoms. The van der Waals surface area contributed by atoms with Crippen LogP contribution in [0.4, 0.5) is 0 Å². The van der Waals surface area contributed by atoms with Gasteiger partial charge < -0.3 is 40.9 Å². The summed E-state index contributed by atoms with van der Waals surface area (Å²) in [6.45, 7) is 12.9. The smallest absolute Gasteiger partial charge is 0.242 e. The molecule has 1 aliphatic heterocycles. The van der Waals surface area contributed by atoms with Gasteiger partial charge in [-0.1, -0.05) is 101 Å². The summed E-state index contributed by atoms with van der Waals surface area (Å²) >= 11 is 0. The van der Waals surface area contributed by atoms with E-state index in [1.54, 1.807) is 0 Å². The number of hydrogen-bond donors (Lipinski definition) is 2. The number of hydrogen-bond acceptors (Lipinski definition) is 8. The number of benzene rings is 3. The summed E-state index contributed by atoms with van der Waals surface area (Å²) in [5, 5.41) is 0. The second-order valence-electron chi connectivity index (χ2n) is 17.3. The van der Waals surface area contributed by atoms with Crippen molar-refractivity contribution >= 4 is 35.4 Å². The van der Waals surface area contributed by atoms with Crippen LogP contribution in [0.5, 0.6) is 0 Å². The van der Waals surface area contributed by atoms with Gasteiger partial charge in [0.1, 0.15) is 19.6 Å². The van der Waals surface area contributed by atoms with Crippen LogP contribution < -0.4 is 11.5 Å². The highest BCUT2D eigenvalue weighted by Crippen LogP contribution is 2.17. The molecule has 4 N–H and O–H groups in total. The fraction of sp³-hybridized carbons (Fsp3) is 0.510. The highest BCUT2D eigenvalue weighted by Gasteiger charge is 2.31. The van der Waals surface area contributed by atoms with Gasteiger partial charge in [-0.3, -0.25) is 28.8 Å². The molecule has 4 rings (SSSR count). The summed E-state index contributed by atoms with van der Waals surface area (Å²) in [5.41, 5.74) is 20.2. The van der Waals surface area contributed by atoms with Crippen LogP contribution in [0.2, 0.25) is 0 Å². The van der Waals surface area contributed by atoms with Crippen LogP contribution in [0, 0.1) is 41.5 Å². The number of nitrogens with two attached hydrogens (primary N) is 2. The minimum Gasteiger partial charge on any atom is -0.332 e. The molecule has 0 aliphatic carbocycles. The summed E-state index contributed by atoms with van der Waals surface area (Å²) in [6.07, 6.45) is 2.14. The van der Waals surface area contributed by atoms with E-state index in [4.69, 9.17) is 11.5 Å². The number of unbranched alkanes of at least 4 members (excludes halogenated alkanes) is 1. The molecule has 1 aliphatic rings. The van der Waals surface area contributed by atoms with Crippen molar-refractivity contribution in [3.05, 3.63) is 105 Å². The van der Waals surface area contributed by atoms with Gasteiger partial charge in [0.25, 0.3) is 0 Å². The number of nitrogens with zero attached hydrogens (tertiary/aromatic N) is 6. The number of carbonyl (C=O) groups is 6. The lowest BCUT2D eigenvalue weighted by Crippen LogP contribution is -2.53. The van der Waals surface area contributed by atoms with E-state index in [9.17, 15) is 28.8 Å². The molecule has 63 heavy (non-hydrogen) atoms. The summed E-state index contributed by atoms with van der Waals surface area (Å²) in [7, 11) is 0. The summed E-state index contributed by atoms with van der Waals surface area (Å²) < 4.78 is 0. The molecule has 6 amide bonds. The molecule has 0 saturated carbocycles. The summed E-state index contributed by atoms with van der Waals surface area (Å²) in [4.78, 5) is 95.6. The van der Waals surface area contributed by atoms with Crippen molar-refractivity contribution in [3.63, 3.8) is 0 Å². The quantitative estimate of drug-likeness (QED) is 0.231. The van der Waals surface area contributed by atoms with Gasteiger partial charge >= 0.3 is 0 Å². The Morgan fingerprint density at radius 2 is 0.587 bits per heavy atom. The third-order valence-electron chi connectivity index (χ3n) is 11.1. The molecule has 342 valence electrons. The predicted octanol–water partition coefficient (Wildman–Crippen LogP) is 3.92. The first kappa shape index (κ1) is 50.0. The predicted molar refractivity (Wildman–Crippen MR) is 246 cm³/mol. The lowest BCUT2D eigenvalue weighted by atomic mass is 10.1. The topological polar surface area (TPSA) is 174 Å². The molecule has 14 nitrogen and oxygen atoms in total. The maximum absolute atomic E-state index is 14.6. The molecular formula is C49H70N8O6. The SMILES string of the molecule is CCCCN1CC(=O)N(Cc2cc(C)cc(C)c2)CC(=O)N(CCCN)CC(=O)N(Cc2cc(C)cc(C)c2)CC(=O)N(CCCN)CC(=O)N(Cc2cc(C)cc(C)c2)CC1=O. The van der Waals surface area contributed by atoms with Crippen LogP contribution in [0.1, 0.15) is 82.7 Å². The Morgan fingerprint density at radius 1 is 0.365 bits per heavy atom. The van der Waals surface area contributed by atoms with Crippen molar-refractivity contribution in [1.82, 2.24) is 29.4 Å². The van der Waals surface area contributed by atoms with Crippen LogP contribution >= 0.6 is 0 Å². The molecule has 3 aromatic rings. The molecule has 14 heteroatoms. The number of aryl methyl sites for hydroxylation is 6. The van der Waals surface area contributed by atoms with Crippen molar-refractivity contribution in [2.24, 2.45) is 11.5 Å². The number of carbonyl (C=O) groups excluding carboxylic acids is 6. The van der Waals surface area contributed by atoms with Crippen LogP contribution in [-0.2, 0) is 48.4 Å². The fourth-order valence-corrected chi connectivity index (χ4v) is 8.21. The molecule has 0 aromatic heterocycles. The molecule has 0 radical (unpaired) electrons. The number of amides is 6. The van der Waals surface area contributed by atoms with E-state index >= 15 is 0 Å². The van der Waals surface area contributed by atoms with E-state index in [-0.39, 0.29) is 91.6 Å². The standard InChI is InChI=1S/C49H70N8O6/c1-8-9-14-52-29-47(61)56(27-42-22-37(4)18-38(5)23-42)33-45(59)54(16-11-13-51)31-49(63)57(28-43-24-39(6)19-40(7)25-43)34-46(60)53(15-10-12-50)30-48(62)55(32-44(52)58)26-41-20-35(2)17-36(3)21-41/h17-25H,8-16,26-34,50-51H2,1-7H3. The highest BCUT2D eigenvalue weighted by atomic mass is 16.2. The zero-order valence-corrected chi connectivity index (χ0v) is 38.7. The van der Waals surface area contributed by atoms with Crippen LogP contribution in [0.15, 0.2) is 54.6 Å². The maximum atomic E-state index is 14.6. The second-order valence-corrected chi connectivity index (χ2v) is 17.3. The first-order valence-electron chi connectivity index (χ1n) is 22.3. The maximum Gasteiger partial charge on any atom is 0.242 e. The van der Waals surface area contributed by atoms with E-state index in [1.165, 1.54) is 29.4 Å². The van der Waals surface area contributed by atoms with Gasteiger partial charge in [-0.2, -0.15) is 0 Å².